The van der Waals surface area contributed by atoms with Gasteiger partial charge in [-0.3, -0.25) is 0 Å². The van der Waals surface area contributed by atoms with Crippen molar-refractivity contribution in [3.05, 3.63) is 41.0 Å². The van der Waals surface area contributed by atoms with Crippen LogP contribution in [0.15, 0.2) is 18.2 Å². The van der Waals surface area contributed by atoms with Crippen LogP contribution >= 0.6 is 0 Å². The Balaban J connectivity index is 3.18. The summed E-state index contributed by atoms with van der Waals surface area (Å²) in [7, 11) is 0. The van der Waals surface area contributed by atoms with Crippen LogP contribution in [0.25, 0.3) is 5.57 Å². The van der Waals surface area contributed by atoms with Gasteiger partial charge in [-0.1, -0.05) is 12.1 Å². The molecule has 3 heteroatoms. The molecule has 82 valence electrons. The highest BCUT2D eigenvalue weighted by molar-refractivity contribution is 5.65. The van der Waals surface area contributed by atoms with E-state index in [9.17, 15) is 8.78 Å². The van der Waals surface area contributed by atoms with Gasteiger partial charge in [0.15, 0.2) is 0 Å². The average Bonchev–Trinajstić information content (AvgIpc) is 2.21. The highest BCUT2D eigenvalue weighted by Gasteiger charge is 2.12. The van der Waals surface area contributed by atoms with Gasteiger partial charge in [0.05, 0.1) is 0 Å². The molecule has 1 nitrogen and oxygen atoms in total. The first-order valence-electron chi connectivity index (χ1n) is 4.89. The third-order valence-electron chi connectivity index (χ3n) is 2.30. The largest absolute Gasteiger partial charge is 0.330 e. The zero-order valence-electron chi connectivity index (χ0n) is 8.98. The molecule has 2 N–H and O–H groups in total. The number of halogens is 2. The smallest absolute Gasteiger partial charge is 0.136 e. The van der Waals surface area contributed by atoms with Crippen LogP contribution in [0.1, 0.15) is 24.5 Å². The number of aryl methyl sites for hydroxylation is 1. The third kappa shape index (κ3) is 2.63. The quantitative estimate of drug-likeness (QED) is 0.817. The van der Waals surface area contributed by atoms with Crippen molar-refractivity contribution in [2.75, 3.05) is 6.54 Å². The topological polar surface area (TPSA) is 26.0 Å². The van der Waals surface area contributed by atoms with Crippen LogP contribution < -0.4 is 5.73 Å². The highest BCUT2D eigenvalue weighted by Crippen LogP contribution is 2.23. The molecule has 0 aliphatic heterocycles. The first-order valence-corrected chi connectivity index (χ1v) is 4.89. The maximum Gasteiger partial charge on any atom is 0.136 e. The van der Waals surface area contributed by atoms with E-state index in [4.69, 9.17) is 5.73 Å². The second-order valence-electron chi connectivity index (χ2n) is 3.52. The molecule has 0 heterocycles. The third-order valence-corrected chi connectivity index (χ3v) is 2.30. The minimum absolute atomic E-state index is 0.0588. The first kappa shape index (κ1) is 11.9. The van der Waals surface area contributed by atoms with Gasteiger partial charge in [0, 0.05) is 5.56 Å². The molecule has 0 unspecified atom stereocenters. The summed E-state index contributed by atoms with van der Waals surface area (Å²) in [6, 6.07) is 2.72. The Bertz CT molecular complexity index is 383. The molecule has 0 aliphatic rings. The summed E-state index contributed by atoms with van der Waals surface area (Å²) in [6.07, 6.45) is 2.37. The van der Waals surface area contributed by atoms with Gasteiger partial charge in [-0.2, -0.15) is 0 Å². The summed E-state index contributed by atoms with van der Waals surface area (Å²) in [5.74, 6) is -1.01. The molecule has 0 bridgehead atoms. The summed E-state index contributed by atoms with van der Waals surface area (Å²) in [5, 5.41) is 0. The molecule has 0 saturated heterocycles. The van der Waals surface area contributed by atoms with Gasteiger partial charge in [0.1, 0.15) is 11.6 Å². The average molecular weight is 211 g/mol. The van der Waals surface area contributed by atoms with Crippen molar-refractivity contribution in [3.8, 4) is 0 Å². The number of hydrogen-bond donors (Lipinski definition) is 1. The molecule has 1 aromatic rings. The molecule has 0 aromatic heterocycles. The van der Waals surface area contributed by atoms with Crippen molar-refractivity contribution in [2.45, 2.75) is 20.3 Å². The van der Waals surface area contributed by atoms with Crippen LogP contribution in [0.3, 0.4) is 0 Å². The van der Waals surface area contributed by atoms with Crippen LogP contribution in [0.2, 0.25) is 0 Å². The minimum Gasteiger partial charge on any atom is -0.330 e. The maximum atomic E-state index is 13.6. The number of benzene rings is 1. The summed E-state index contributed by atoms with van der Waals surface area (Å²) in [5.41, 5.74) is 6.43. The molecule has 0 saturated carbocycles. The van der Waals surface area contributed by atoms with E-state index in [1.165, 1.54) is 12.1 Å². The Hall–Kier alpha value is -1.22. The van der Waals surface area contributed by atoms with E-state index >= 15 is 0 Å². The SMILES string of the molecule is C/C(=C/CCN)c1c(F)ccc(C)c1F. The van der Waals surface area contributed by atoms with Gasteiger partial charge < -0.3 is 5.73 Å². The van der Waals surface area contributed by atoms with Crippen LogP contribution in [-0.2, 0) is 0 Å². The van der Waals surface area contributed by atoms with Crippen LogP contribution in [0.4, 0.5) is 8.78 Å². The van der Waals surface area contributed by atoms with E-state index < -0.39 is 11.6 Å². The molecule has 1 rings (SSSR count). The lowest BCUT2D eigenvalue weighted by Crippen LogP contribution is -1.99. The summed E-state index contributed by atoms with van der Waals surface area (Å²) in [4.78, 5) is 0. The lowest BCUT2D eigenvalue weighted by molar-refractivity contribution is 0.571. The number of nitrogens with two attached hydrogens (primary N) is 1. The molecular weight excluding hydrogens is 196 g/mol. The van der Waals surface area contributed by atoms with Crippen LogP contribution in [0.5, 0.6) is 0 Å². The number of rotatable bonds is 3. The van der Waals surface area contributed by atoms with Crippen molar-refractivity contribution in [3.63, 3.8) is 0 Å². The lowest BCUT2D eigenvalue weighted by Gasteiger charge is -2.07. The Morgan fingerprint density at radius 3 is 2.67 bits per heavy atom. The van der Waals surface area contributed by atoms with E-state index in [2.05, 4.69) is 0 Å². The van der Waals surface area contributed by atoms with E-state index in [1.54, 1.807) is 19.9 Å². The Labute approximate surface area is 88.6 Å². The van der Waals surface area contributed by atoms with Gasteiger partial charge in [0.2, 0.25) is 0 Å². The second-order valence-corrected chi connectivity index (χ2v) is 3.52. The normalized spacial score (nSPS) is 11.9. The van der Waals surface area contributed by atoms with Gasteiger partial charge >= 0.3 is 0 Å². The molecule has 0 spiro atoms. The van der Waals surface area contributed by atoms with E-state index in [1.807, 2.05) is 0 Å². The first-order chi connectivity index (χ1) is 7.07. The summed E-state index contributed by atoms with van der Waals surface area (Å²) >= 11 is 0. The zero-order valence-corrected chi connectivity index (χ0v) is 8.98. The van der Waals surface area contributed by atoms with Crippen molar-refractivity contribution >= 4 is 5.57 Å². The summed E-state index contributed by atoms with van der Waals surface area (Å²) < 4.78 is 27.0. The second kappa shape index (κ2) is 5.03. The Kier molecular flexibility index (Phi) is 3.97. The highest BCUT2D eigenvalue weighted by atomic mass is 19.1. The maximum absolute atomic E-state index is 13.6. The fourth-order valence-corrected chi connectivity index (χ4v) is 1.42. The van der Waals surface area contributed by atoms with Crippen molar-refractivity contribution in [2.24, 2.45) is 5.73 Å². The molecular formula is C12H15F2N. The zero-order chi connectivity index (χ0) is 11.4. The van der Waals surface area contributed by atoms with E-state index in [-0.39, 0.29) is 5.56 Å². The fraction of sp³-hybridized carbons (Fsp3) is 0.333. The van der Waals surface area contributed by atoms with E-state index in [0.717, 1.165) is 0 Å². The molecule has 0 amide bonds. The van der Waals surface area contributed by atoms with Gasteiger partial charge in [-0.05, 0) is 44.0 Å². The van der Waals surface area contributed by atoms with Crippen molar-refractivity contribution in [1.29, 1.82) is 0 Å². The number of hydrogen-bond acceptors (Lipinski definition) is 1. The van der Waals surface area contributed by atoms with E-state index in [0.29, 0.717) is 24.1 Å². The molecule has 1 aromatic carbocycles. The Morgan fingerprint density at radius 1 is 1.40 bits per heavy atom. The monoisotopic (exact) mass is 211 g/mol. The molecule has 0 atom stereocenters. The van der Waals surface area contributed by atoms with Crippen LogP contribution in [-0.4, -0.2) is 6.54 Å². The fourth-order valence-electron chi connectivity index (χ4n) is 1.42. The van der Waals surface area contributed by atoms with Crippen molar-refractivity contribution < 1.29 is 8.78 Å². The van der Waals surface area contributed by atoms with Crippen LogP contribution in [0, 0.1) is 18.6 Å². The standard InChI is InChI=1S/C12H15F2N/c1-8(4-3-7-15)11-10(13)6-5-9(2)12(11)14/h4-6H,3,7,15H2,1-2H3/b8-4-. The molecule has 0 fully saturated rings. The minimum atomic E-state index is -0.524. The van der Waals surface area contributed by atoms with Gasteiger partial charge in [0.25, 0.3) is 0 Å². The number of allylic oxidation sites excluding steroid dienone is 1. The molecule has 15 heavy (non-hydrogen) atoms. The predicted molar refractivity (Wildman–Crippen MR) is 58.4 cm³/mol. The molecule has 0 radical (unpaired) electrons. The predicted octanol–water partition coefficient (Wildman–Crippen LogP) is 3.03. The molecule has 0 aliphatic carbocycles. The summed E-state index contributed by atoms with van der Waals surface area (Å²) in [6.45, 7) is 3.79. The van der Waals surface area contributed by atoms with Crippen molar-refractivity contribution in [1.82, 2.24) is 0 Å². The van der Waals surface area contributed by atoms with Gasteiger partial charge in [-0.15, -0.1) is 0 Å². The Morgan fingerprint density at radius 2 is 2.07 bits per heavy atom. The van der Waals surface area contributed by atoms with Gasteiger partial charge in [-0.25, -0.2) is 8.78 Å². The lowest BCUT2D eigenvalue weighted by atomic mass is 10.0.